The average Bonchev–Trinajstić information content (AvgIpc) is 2.94. The maximum absolute atomic E-state index is 6.29. The third kappa shape index (κ3) is 2.72. The average molecular weight is 279 g/mol. The van der Waals surface area contributed by atoms with Crippen molar-refractivity contribution in [1.29, 1.82) is 0 Å². The van der Waals surface area contributed by atoms with Crippen molar-refractivity contribution in [1.82, 2.24) is 14.8 Å². The molecule has 1 aromatic heterocycles. The van der Waals surface area contributed by atoms with E-state index >= 15 is 0 Å². The fraction of sp³-hybridized carbons (Fsp3) is 0.385. The number of benzene rings is 1. The molecule has 0 radical (unpaired) electrons. The topological polar surface area (TPSA) is 52.0 Å². The molecule has 1 N–H and O–H groups in total. The highest BCUT2D eigenvalue weighted by Crippen LogP contribution is 2.29. The summed E-state index contributed by atoms with van der Waals surface area (Å²) in [5.74, 6) is 0. The van der Waals surface area contributed by atoms with Gasteiger partial charge in [-0.15, -0.1) is 0 Å². The summed E-state index contributed by atoms with van der Waals surface area (Å²) in [5, 5.41) is 8.34. The van der Waals surface area contributed by atoms with Crippen LogP contribution in [-0.4, -0.2) is 34.0 Å². The van der Waals surface area contributed by atoms with E-state index in [1.807, 2.05) is 18.2 Å². The van der Waals surface area contributed by atoms with Crippen LogP contribution < -0.4 is 5.32 Å². The van der Waals surface area contributed by atoms with Gasteiger partial charge in [-0.2, -0.15) is 5.10 Å². The van der Waals surface area contributed by atoms with Gasteiger partial charge in [0.2, 0.25) is 0 Å². The number of hydrogen-bond donors (Lipinski definition) is 1. The van der Waals surface area contributed by atoms with Crippen LogP contribution >= 0.6 is 11.6 Å². The minimum absolute atomic E-state index is 0.412. The van der Waals surface area contributed by atoms with E-state index in [1.165, 1.54) is 6.33 Å². The van der Waals surface area contributed by atoms with Crippen molar-refractivity contribution in [2.75, 3.05) is 18.5 Å². The van der Waals surface area contributed by atoms with Crippen LogP contribution in [0.25, 0.3) is 5.69 Å². The summed E-state index contributed by atoms with van der Waals surface area (Å²) in [4.78, 5) is 3.97. The highest BCUT2D eigenvalue weighted by Gasteiger charge is 2.17. The molecule has 1 aliphatic heterocycles. The van der Waals surface area contributed by atoms with Crippen molar-refractivity contribution in [2.24, 2.45) is 0 Å². The van der Waals surface area contributed by atoms with Gasteiger partial charge in [0, 0.05) is 19.3 Å². The molecule has 0 bridgehead atoms. The third-order valence-corrected chi connectivity index (χ3v) is 3.52. The molecule has 0 aliphatic carbocycles. The second-order valence-electron chi connectivity index (χ2n) is 4.51. The number of rotatable bonds is 3. The third-order valence-electron chi connectivity index (χ3n) is 3.22. The molecule has 0 saturated carbocycles. The molecule has 100 valence electrons. The molecule has 1 fully saturated rings. The molecular formula is C13H15ClN4O. The quantitative estimate of drug-likeness (QED) is 0.937. The summed E-state index contributed by atoms with van der Waals surface area (Å²) in [7, 11) is 0. The fourth-order valence-corrected chi connectivity index (χ4v) is 2.51. The maximum Gasteiger partial charge on any atom is 0.138 e. The molecule has 1 aromatic carbocycles. The molecule has 3 rings (SSSR count). The van der Waals surface area contributed by atoms with Gasteiger partial charge in [-0.1, -0.05) is 17.7 Å². The van der Waals surface area contributed by atoms with Crippen LogP contribution in [0.1, 0.15) is 12.8 Å². The van der Waals surface area contributed by atoms with Gasteiger partial charge in [-0.3, -0.25) is 0 Å². The predicted molar refractivity (Wildman–Crippen MR) is 73.8 cm³/mol. The van der Waals surface area contributed by atoms with E-state index in [4.69, 9.17) is 16.3 Å². The largest absolute Gasteiger partial charge is 0.381 e. The Balaban J connectivity index is 1.90. The number of aromatic nitrogens is 3. The van der Waals surface area contributed by atoms with Crippen LogP contribution in [0.15, 0.2) is 30.9 Å². The van der Waals surface area contributed by atoms with Crippen LogP contribution in [0.4, 0.5) is 5.69 Å². The minimum Gasteiger partial charge on any atom is -0.381 e. The molecule has 19 heavy (non-hydrogen) atoms. The van der Waals surface area contributed by atoms with Crippen molar-refractivity contribution in [3.05, 3.63) is 35.9 Å². The number of anilines is 1. The Morgan fingerprint density at radius 3 is 2.89 bits per heavy atom. The monoisotopic (exact) mass is 278 g/mol. The first kappa shape index (κ1) is 12.4. The van der Waals surface area contributed by atoms with Gasteiger partial charge in [0.1, 0.15) is 18.3 Å². The van der Waals surface area contributed by atoms with Gasteiger partial charge in [-0.25, -0.2) is 9.67 Å². The van der Waals surface area contributed by atoms with E-state index in [0.29, 0.717) is 11.1 Å². The van der Waals surface area contributed by atoms with Gasteiger partial charge >= 0.3 is 0 Å². The van der Waals surface area contributed by atoms with E-state index in [2.05, 4.69) is 15.4 Å². The van der Waals surface area contributed by atoms with Crippen molar-refractivity contribution in [3.63, 3.8) is 0 Å². The van der Waals surface area contributed by atoms with Gasteiger partial charge in [0.05, 0.1) is 10.7 Å². The summed E-state index contributed by atoms with van der Waals surface area (Å²) in [6.45, 7) is 1.60. The normalized spacial score (nSPS) is 16.5. The summed E-state index contributed by atoms with van der Waals surface area (Å²) < 4.78 is 7.05. The van der Waals surface area contributed by atoms with Crippen LogP contribution in [-0.2, 0) is 4.74 Å². The van der Waals surface area contributed by atoms with Crippen molar-refractivity contribution >= 4 is 17.3 Å². The molecule has 2 heterocycles. The first-order valence-corrected chi connectivity index (χ1v) is 6.70. The Bertz CT molecular complexity index is 538. The van der Waals surface area contributed by atoms with Gasteiger partial charge in [0.25, 0.3) is 0 Å². The standard InChI is InChI=1S/C13H15ClN4O/c14-11-2-1-3-12(13(11)18-9-15-8-16-18)17-10-4-6-19-7-5-10/h1-3,8-10,17H,4-7H2. The number of ether oxygens (including phenoxy) is 1. The zero-order valence-corrected chi connectivity index (χ0v) is 11.2. The van der Waals surface area contributed by atoms with Crippen LogP contribution in [0.2, 0.25) is 5.02 Å². The highest BCUT2D eigenvalue weighted by molar-refractivity contribution is 6.33. The zero-order valence-electron chi connectivity index (χ0n) is 10.4. The number of nitrogens with zero attached hydrogens (tertiary/aromatic N) is 3. The molecule has 0 atom stereocenters. The number of halogens is 1. The second-order valence-corrected chi connectivity index (χ2v) is 4.91. The molecule has 1 saturated heterocycles. The molecular weight excluding hydrogens is 264 g/mol. The fourth-order valence-electron chi connectivity index (χ4n) is 2.25. The Hall–Kier alpha value is -1.59. The van der Waals surface area contributed by atoms with E-state index in [0.717, 1.165) is 37.4 Å². The summed E-state index contributed by atoms with van der Waals surface area (Å²) in [6, 6.07) is 6.21. The van der Waals surface area contributed by atoms with E-state index < -0.39 is 0 Å². The first-order chi connectivity index (χ1) is 9.34. The van der Waals surface area contributed by atoms with Gasteiger partial charge in [-0.05, 0) is 25.0 Å². The maximum atomic E-state index is 6.29. The summed E-state index contributed by atoms with van der Waals surface area (Å²) in [5.41, 5.74) is 1.82. The summed E-state index contributed by atoms with van der Waals surface area (Å²) >= 11 is 6.29. The Labute approximate surface area is 116 Å². The van der Waals surface area contributed by atoms with E-state index in [1.54, 1.807) is 11.0 Å². The lowest BCUT2D eigenvalue weighted by Crippen LogP contribution is -2.28. The van der Waals surface area contributed by atoms with Crippen molar-refractivity contribution in [3.8, 4) is 5.69 Å². The van der Waals surface area contributed by atoms with Crippen LogP contribution in [0, 0.1) is 0 Å². The predicted octanol–water partition coefficient (Wildman–Crippen LogP) is 2.51. The Morgan fingerprint density at radius 2 is 2.16 bits per heavy atom. The van der Waals surface area contributed by atoms with Gasteiger partial charge < -0.3 is 10.1 Å². The van der Waals surface area contributed by atoms with Crippen LogP contribution in [0.5, 0.6) is 0 Å². The summed E-state index contributed by atoms with van der Waals surface area (Å²) in [6.07, 6.45) is 5.16. The van der Waals surface area contributed by atoms with Crippen LogP contribution in [0.3, 0.4) is 0 Å². The molecule has 0 amide bonds. The minimum atomic E-state index is 0.412. The number of nitrogens with one attached hydrogen (secondary N) is 1. The van der Waals surface area contributed by atoms with E-state index in [-0.39, 0.29) is 0 Å². The smallest absolute Gasteiger partial charge is 0.138 e. The van der Waals surface area contributed by atoms with Crippen molar-refractivity contribution in [2.45, 2.75) is 18.9 Å². The van der Waals surface area contributed by atoms with Gasteiger partial charge in [0.15, 0.2) is 0 Å². The molecule has 1 aliphatic rings. The molecule has 0 unspecified atom stereocenters. The highest BCUT2D eigenvalue weighted by atomic mass is 35.5. The number of hydrogen-bond acceptors (Lipinski definition) is 4. The molecule has 5 nitrogen and oxygen atoms in total. The Kier molecular flexibility index (Phi) is 3.66. The van der Waals surface area contributed by atoms with E-state index in [9.17, 15) is 0 Å². The first-order valence-electron chi connectivity index (χ1n) is 6.32. The molecule has 6 heteroatoms. The lowest BCUT2D eigenvalue weighted by atomic mass is 10.1. The number of para-hydroxylation sites is 1. The lowest BCUT2D eigenvalue weighted by molar-refractivity contribution is 0.0904. The molecule has 2 aromatic rings. The van der Waals surface area contributed by atoms with Crippen molar-refractivity contribution < 1.29 is 4.74 Å². The second kappa shape index (κ2) is 5.59. The molecule has 0 spiro atoms. The SMILES string of the molecule is Clc1cccc(NC2CCOCC2)c1-n1cncn1. The Morgan fingerprint density at radius 1 is 1.32 bits per heavy atom. The lowest BCUT2D eigenvalue weighted by Gasteiger charge is -2.25. The zero-order chi connectivity index (χ0) is 13.1.